The first-order chi connectivity index (χ1) is 15.5. The van der Waals surface area contributed by atoms with E-state index in [0.29, 0.717) is 41.9 Å². The zero-order chi connectivity index (χ0) is 23.1. The third kappa shape index (κ3) is 5.47. The first-order valence-electron chi connectivity index (χ1n) is 10.8. The van der Waals surface area contributed by atoms with Gasteiger partial charge in [-0.15, -0.1) is 0 Å². The first-order valence-corrected chi connectivity index (χ1v) is 11.2. The summed E-state index contributed by atoms with van der Waals surface area (Å²) in [6.45, 7) is 7.96. The van der Waals surface area contributed by atoms with Crippen molar-refractivity contribution in [1.29, 1.82) is 0 Å². The number of anilines is 1. The van der Waals surface area contributed by atoms with E-state index in [2.05, 4.69) is 10.6 Å². The largest absolute Gasteiger partial charge is 0.495 e. The lowest BCUT2D eigenvalue weighted by Crippen LogP contribution is -2.48. The average molecular weight is 454 g/mol. The summed E-state index contributed by atoms with van der Waals surface area (Å²) >= 11 is 5.68. The van der Waals surface area contributed by atoms with E-state index in [4.69, 9.17) is 21.7 Å². The molecule has 0 aliphatic carbocycles. The number of para-hydroxylation sites is 2. The Morgan fingerprint density at radius 2 is 1.88 bits per heavy atom. The van der Waals surface area contributed by atoms with Crippen molar-refractivity contribution < 1.29 is 14.3 Å². The molecule has 7 heteroatoms. The van der Waals surface area contributed by atoms with Crippen LogP contribution in [0.1, 0.15) is 37.4 Å². The molecule has 6 nitrogen and oxygen atoms in total. The summed E-state index contributed by atoms with van der Waals surface area (Å²) in [5.41, 5.74) is 4.23. The van der Waals surface area contributed by atoms with Crippen molar-refractivity contribution >= 4 is 28.9 Å². The van der Waals surface area contributed by atoms with Crippen molar-refractivity contribution in [1.82, 2.24) is 10.2 Å². The van der Waals surface area contributed by atoms with Gasteiger partial charge in [0.2, 0.25) is 0 Å². The third-order valence-corrected chi connectivity index (χ3v) is 5.82. The highest BCUT2D eigenvalue weighted by molar-refractivity contribution is 7.80. The van der Waals surface area contributed by atoms with Gasteiger partial charge in [0.15, 0.2) is 5.11 Å². The molecule has 1 aliphatic heterocycles. The first kappa shape index (κ1) is 23.8. The highest BCUT2D eigenvalue weighted by Crippen LogP contribution is 2.33. The number of carbonyl (C=O) groups excluding carboxylic acids is 1. The number of hydrogen-bond acceptors (Lipinski definition) is 4. The molecule has 1 aliphatic rings. The highest BCUT2D eigenvalue weighted by Gasteiger charge is 2.34. The molecule has 32 heavy (non-hydrogen) atoms. The van der Waals surface area contributed by atoms with Crippen molar-refractivity contribution in [3.8, 4) is 5.75 Å². The SMILES string of the molecule is CCOCCCN1C(=S)NC(c2ccc(C)cc2)C(C(=O)Nc2ccccc2OC)=C1C. The number of hydrogen-bond donors (Lipinski definition) is 2. The van der Waals surface area contributed by atoms with Crippen LogP contribution in [0.2, 0.25) is 0 Å². The van der Waals surface area contributed by atoms with Crippen LogP contribution in [0.4, 0.5) is 5.69 Å². The number of rotatable bonds is 9. The molecule has 0 bridgehead atoms. The van der Waals surface area contributed by atoms with Gasteiger partial charge in [0, 0.05) is 25.5 Å². The van der Waals surface area contributed by atoms with Gasteiger partial charge in [0.1, 0.15) is 5.75 Å². The van der Waals surface area contributed by atoms with E-state index in [1.807, 2.05) is 74.2 Å². The highest BCUT2D eigenvalue weighted by atomic mass is 32.1. The molecule has 1 heterocycles. The van der Waals surface area contributed by atoms with Crippen LogP contribution in [0.3, 0.4) is 0 Å². The second-order valence-corrected chi connectivity index (χ2v) is 8.04. The lowest BCUT2D eigenvalue weighted by atomic mass is 9.93. The average Bonchev–Trinajstić information content (AvgIpc) is 2.79. The topological polar surface area (TPSA) is 62.8 Å². The van der Waals surface area contributed by atoms with E-state index in [1.165, 1.54) is 0 Å². The number of amides is 1. The van der Waals surface area contributed by atoms with E-state index >= 15 is 0 Å². The van der Waals surface area contributed by atoms with Crippen molar-refractivity contribution in [2.24, 2.45) is 0 Å². The summed E-state index contributed by atoms with van der Waals surface area (Å²) in [6.07, 6.45) is 0.809. The predicted octanol–water partition coefficient (Wildman–Crippen LogP) is 4.57. The molecule has 2 aromatic rings. The van der Waals surface area contributed by atoms with E-state index in [1.54, 1.807) is 7.11 Å². The molecule has 2 N–H and O–H groups in total. The van der Waals surface area contributed by atoms with Gasteiger partial charge >= 0.3 is 0 Å². The van der Waals surface area contributed by atoms with Gasteiger partial charge in [-0.2, -0.15) is 0 Å². The lowest BCUT2D eigenvalue weighted by Gasteiger charge is -2.38. The Labute approximate surface area is 195 Å². The van der Waals surface area contributed by atoms with Gasteiger partial charge < -0.3 is 25.0 Å². The molecule has 2 aromatic carbocycles. The molecule has 170 valence electrons. The number of allylic oxidation sites excluding steroid dienone is 1. The Bertz CT molecular complexity index is 988. The second kappa shape index (κ2) is 11.1. The minimum atomic E-state index is -0.346. The maximum atomic E-state index is 13.6. The molecule has 1 atom stereocenters. The molecule has 0 saturated heterocycles. The standard InChI is InChI=1S/C25H31N3O3S/c1-5-31-16-8-15-28-18(3)22(24(29)26-20-9-6-7-10-21(20)30-4)23(27-25(28)32)19-13-11-17(2)12-14-19/h6-7,9-14,23H,5,8,15-16H2,1-4H3,(H,26,29)(H,27,32). The molecule has 0 saturated carbocycles. The van der Waals surface area contributed by atoms with E-state index in [0.717, 1.165) is 23.2 Å². The molecular formula is C25H31N3O3S. The quantitative estimate of drug-likeness (QED) is 0.428. The van der Waals surface area contributed by atoms with Crippen LogP contribution in [0.25, 0.3) is 0 Å². The minimum absolute atomic E-state index is 0.192. The van der Waals surface area contributed by atoms with Gasteiger partial charge in [0.05, 0.1) is 24.4 Å². The number of nitrogens with zero attached hydrogens (tertiary/aromatic N) is 1. The van der Waals surface area contributed by atoms with E-state index in [9.17, 15) is 4.79 Å². The Morgan fingerprint density at radius 1 is 1.16 bits per heavy atom. The summed E-state index contributed by atoms with van der Waals surface area (Å²) < 4.78 is 10.9. The van der Waals surface area contributed by atoms with Gasteiger partial charge in [-0.1, -0.05) is 42.0 Å². The van der Waals surface area contributed by atoms with Crippen molar-refractivity contribution in [3.05, 3.63) is 70.9 Å². The number of ether oxygens (including phenoxy) is 2. The van der Waals surface area contributed by atoms with Crippen LogP contribution in [0.15, 0.2) is 59.8 Å². The minimum Gasteiger partial charge on any atom is -0.495 e. The van der Waals surface area contributed by atoms with Crippen LogP contribution >= 0.6 is 12.2 Å². The Kier molecular flexibility index (Phi) is 8.25. The second-order valence-electron chi connectivity index (χ2n) is 7.65. The summed E-state index contributed by atoms with van der Waals surface area (Å²) in [5.74, 6) is 0.418. The van der Waals surface area contributed by atoms with Crippen molar-refractivity contribution in [2.75, 3.05) is 32.2 Å². The van der Waals surface area contributed by atoms with E-state index < -0.39 is 0 Å². The zero-order valence-corrected chi connectivity index (χ0v) is 19.9. The summed E-state index contributed by atoms with van der Waals surface area (Å²) in [4.78, 5) is 15.5. The number of nitrogens with one attached hydrogen (secondary N) is 2. The zero-order valence-electron chi connectivity index (χ0n) is 19.1. The van der Waals surface area contributed by atoms with Crippen LogP contribution in [-0.2, 0) is 9.53 Å². The van der Waals surface area contributed by atoms with Crippen LogP contribution in [-0.4, -0.2) is 42.8 Å². The number of carbonyl (C=O) groups is 1. The fourth-order valence-corrected chi connectivity index (χ4v) is 4.11. The summed E-state index contributed by atoms with van der Waals surface area (Å²) in [5, 5.41) is 7.02. The molecular weight excluding hydrogens is 422 g/mol. The number of aryl methyl sites for hydroxylation is 1. The lowest BCUT2D eigenvalue weighted by molar-refractivity contribution is -0.113. The Morgan fingerprint density at radius 3 is 2.56 bits per heavy atom. The van der Waals surface area contributed by atoms with Gasteiger partial charge in [-0.3, -0.25) is 4.79 Å². The molecule has 1 amide bonds. The predicted molar refractivity (Wildman–Crippen MR) is 132 cm³/mol. The molecule has 0 fully saturated rings. The maximum absolute atomic E-state index is 13.6. The maximum Gasteiger partial charge on any atom is 0.255 e. The molecule has 3 rings (SSSR count). The molecule has 0 radical (unpaired) electrons. The Balaban J connectivity index is 1.96. The fraction of sp³-hybridized carbons (Fsp3) is 0.360. The Hall–Kier alpha value is -2.90. The normalized spacial score (nSPS) is 16.1. The summed E-state index contributed by atoms with van der Waals surface area (Å²) in [6, 6.07) is 15.2. The van der Waals surface area contributed by atoms with Crippen LogP contribution in [0, 0.1) is 6.92 Å². The molecule has 0 spiro atoms. The van der Waals surface area contributed by atoms with Crippen molar-refractivity contribution in [3.63, 3.8) is 0 Å². The third-order valence-electron chi connectivity index (χ3n) is 5.48. The van der Waals surface area contributed by atoms with Gasteiger partial charge in [0.25, 0.3) is 5.91 Å². The monoisotopic (exact) mass is 453 g/mol. The number of thiocarbonyl (C=S) groups is 1. The number of benzene rings is 2. The van der Waals surface area contributed by atoms with Gasteiger partial charge in [-0.05, 0) is 57.1 Å². The van der Waals surface area contributed by atoms with Crippen LogP contribution in [0.5, 0.6) is 5.75 Å². The van der Waals surface area contributed by atoms with E-state index in [-0.39, 0.29) is 11.9 Å². The van der Waals surface area contributed by atoms with Crippen LogP contribution < -0.4 is 15.4 Å². The molecule has 1 unspecified atom stereocenters. The number of methoxy groups -OCH3 is 1. The van der Waals surface area contributed by atoms with Crippen molar-refractivity contribution in [2.45, 2.75) is 33.2 Å². The fourth-order valence-electron chi connectivity index (χ4n) is 3.76. The van der Waals surface area contributed by atoms with Gasteiger partial charge in [-0.25, -0.2) is 0 Å². The summed E-state index contributed by atoms with van der Waals surface area (Å²) in [7, 11) is 1.59. The molecule has 0 aromatic heterocycles. The smallest absolute Gasteiger partial charge is 0.255 e.